The topological polar surface area (TPSA) is 12.5 Å². The van der Waals surface area contributed by atoms with Crippen LogP contribution in [0.4, 0.5) is 0 Å². The standard InChI is InChI=1S/C15H18BrNOS/c1-10-7-11(16)3-6-14(10)15(19-2)17-12-4-5-13(17)9-18-8-12/h3,6-7,12-13H,2,4-5,8-9H2,1H3. The minimum absolute atomic E-state index is 0.533. The van der Waals surface area contributed by atoms with Crippen molar-refractivity contribution < 1.29 is 4.74 Å². The van der Waals surface area contributed by atoms with Crippen molar-refractivity contribution in [1.82, 2.24) is 4.90 Å². The summed E-state index contributed by atoms with van der Waals surface area (Å²) in [5.41, 5.74) is 2.61. The van der Waals surface area contributed by atoms with Gasteiger partial charge in [0.25, 0.3) is 0 Å². The molecular formula is C15H18BrNOS. The Hall–Kier alpha value is -0.420. The van der Waals surface area contributed by atoms with Crippen LogP contribution >= 0.6 is 26.9 Å². The molecule has 2 nitrogen and oxygen atoms in total. The molecule has 4 heteroatoms. The fourth-order valence-electron chi connectivity index (χ4n) is 3.12. The summed E-state index contributed by atoms with van der Waals surface area (Å²) in [5.74, 6) is 4.08. The van der Waals surface area contributed by atoms with E-state index in [-0.39, 0.29) is 0 Å². The molecule has 0 saturated carbocycles. The lowest BCUT2D eigenvalue weighted by atomic mass is 10.1. The highest BCUT2D eigenvalue weighted by Gasteiger charge is 2.39. The Balaban J connectivity index is 2.00. The van der Waals surface area contributed by atoms with Gasteiger partial charge >= 0.3 is 0 Å². The Labute approximate surface area is 126 Å². The monoisotopic (exact) mass is 339 g/mol. The van der Waals surface area contributed by atoms with Crippen molar-refractivity contribution in [2.45, 2.75) is 31.8 Å². The predicted octanol–water partition coefficient (Wildman–Crippen LogP) is 3.26. The molecule has 2 heterocycles. The first kappa shape index (κ1) is 13.6. The summed E-state index contributed by atoms with van der Waals surface area (Å²) in [6.45, 7) is 3.88. The van der Waals surface area contributed by atoms with Gasteiger partial charge in [0.2, 0.25) is 0 Å². The largest absolute Gasteiger partial charge is 0.378 e. The van der Waals surface area contributed by atoms with Crippen molar-refractivity contribution in [3.63, 3.8) is 0 Å². The van der Waals surface area contributed by atoms with Gasteiger partial charge in [-0.1, -0.05) is 22.0 Å². The number of halogens is 1. The van der Waals surface area contributed by atoms with E-state index < -0.39 is 0 Å². The third-order valence-electron chi connectivity index (χ3n) is 4.03. The lowest BCUT2D eigenvalue weighted by molar-refractivity contribution is 0.0218. The minimum atomic E-state index is 0.533. The first-order valence-electron chi connectivity index (χ1n) is 6.62. The van der Waals surface area contributed by atoms with Gasteiger partial charge in [0.15, 0.2) is 0 Å². The zero-order valence-electron chi connectivity index (χ0n) is 11.1. The summed E-state index contributed by atoms with van der Waals surface area (Å²) in [7, 11) is 1.62. The summed E-state index contributed by atoms with van der Waals surface area (Å²) >= 11 is 3.53. The molecule has 2 saturated heterocycles. The second kappa shape index (κ2) is 5.52. The third kappa shape index (κ3) is 2.47. The van der Waals surface area contributed by atoms with Crippen molar-refractivity contribution in [3.05, 3.63) is 33.8 Å². The summed E-state index contributed by atoms with van der Waals surface area (Å²) in [6, 6.07) is 7.55. The lowest BCUT2D eigenvalue weighted by Gasteiger charge is -2.35. The van der Waals surface area contributed by atoms with E-state index in [2.05, 4.69) is 51.8 Å². The quantitative estimate of drug-likeness (QED) is 0.728. The zero-order valence-corrected chi connectivity index (χ0v) is 13.5. The summed E-state index contributed by atoms with van der Waals surface area (Å²) in [4.78, 5) is 3.86. The van der Waals surface area contributed by atoms with E-state index in [1.807, 2.05) is 0 Å². The Bertz CT molecular complexity index is 537. The number of benzene rings is 1. The predicted molar refractivity (Wildman–Crippen MR) is 87.2 cm³/mol. The number of fused-ring (bicyclic) bond motifs is 2. The first-order chi connectivity index (χ1) is 9.20. The average molecular weight is 340 g/mol. The molecule has 0 amide bonds. The van der Waals surface area contributed by atoms with Crippen molar-refractivity contribution >= 4 is 37.7 Å². The van der Waals surface area contributed by atoms with Crippen molar-refractivity contribution in [2.24, 2.45) is 0 Å². The van der Waals surface area contributed by atoms with Crippen LogP contribution in [0.2, 0.25) is 0 Å². The maximum Gasteiger partial charge on any atom is 0.0786 e. The van der Waals surface area contributed by atoms with E-state index in [9.17, 15) is 0 Å². The van der Waals surface area contributed by atoms with E-state index in [1.54, 1.807) is 10.9 Å². The molecule has 2 unspecified atom stereocenters. The molecule has 2 bridgehead atoms. The number of ether oxygens (including phenoxy) is 1. The summed E-state index contributed by atoms with van der Waals surface area (Å²) in [5, 5.41) is 0. The van der Waals surface area contributed by atoms with Crippen molar-refractivity contribution in [1.29, 1.82) is 0 Å². The molecule has 2 atom stereocenters. The number of aryl methyl sites for hydroxylation is 1. The van der Waals surface area contributed by atoms with E-state index in [0.29, 0.717) is 12.1 Å². The molecule has 2 fully saturated rings. The number of nitrogens with zero attached hydrogens (tertiary/aromatic N) is 1. The second-order valence-corrected chi connectivity index (χ2v) is 6.83. The number of morpholine rings is 1. The second-order valence-electron chi connectivity index (χ2n) is 5.24. The Morgan fingerprint density at radius 2 is 2.05 bits per heavy atom. The zero-order chi connectivity index (χ0) is 13.4. The molecule has 0 radical (unpaired) electrons. The maximum absolute atomic E-state index is 5.67. The van der Waals surface area contributed by atoms with E-state index >= 15 is 0 Å². The molecule has 2 aliphatic heterocycles. The molecule has 2 aliphatic rings. The number of hydrogen-bond donors (Lipinski definition) is 0. The third-order valence-corrected chi connectivity index (χ3v) is 5.23. The van der Waals surface area contributed by atoms with Crippen LogP contribution in [0.5, 0.6) is 0 Å². The van der Waals surface area contributed by atoms with Crippen LogP contribution in [0.25, 0.3) is 0 Å². The highest BCUT2D eigenvalue weighted by atomic mass is 79.9. The molecule has 19 heavy (non-hydrogen) atoms. The van der Waals surface area contributed by atoms with Crippen molar-refractivity contribution in [3.8, 4) is 0 Å². The molecular weight excluding hydrogens is 322 g/mol. The first-order valence-corrected chi connectivity index (χ1v) is 8.40. The van der Waals surface area contributed by atoms with Crippen molar-refractivity contribution in [2.75, 3.05) is 13.2 Å². The van der Waals surface area contributed by atoms with E-state index in [0.717, 1.165) is 17.7 Å². The molecule has 1 aromatic rings. The Kier molecular flexibility index (Phi) is 3.94. The number of hydrogen-bond acceptors (Lipinski definition) is 1. The molecule has 0 aromatic heterocycles. The average Bonchev–Trinajstić information content (AvgIpc) is 2.63. The van der Waals surface area contributed by atoms with Gasteiger partial charge < -0.3 is 4.74 Å². The van der Waals surface area contributed by atoms with Crippen LogP contribution in [0.3, 0.4) is 0 Å². The molecule has 0 N–H and O–H groups in total. The normalized spacial score (nSPS) is 26.4. The lowest BCUT2D eigenvalue weighted by Crippen LogP contribution is -2.49. The Morgan fingerprint density at radius 3 is 2.63 bits per heavy atom. The van der Waals surface area contributed by atoms with Gasteiger partial charge in [-0.3, -0.25) is 4.90 Å². The van der Waals surface area contributed by atoms with Crippen LogP contribution in [0.1, 0.15) is 24.0 Å². The van der Waals surface area contributed by atoms with Gasteiger partial charge in [0.1, 0.15) is 0 Å². The number of rotatable bonds is 1. The maximum atomic E-state index is 5.67. The molecule has 3 rings (SSSR count). The highest BCUT2D eigenvalue weighted by molar-refractivity contribution is 9.10. The fourth-order valence-corrected chi connectivity index (χ4v) is 4.43. The van der Waals surface area contributed by atoms with Gasteiger partial charge in [-0.05, 0) is 43.3 Å². The molecule has 0 spiro atoms. The van der Waals surface area contributed by atoms with E-state index in [4.69, 9.17) is 4.74 Å². The fraction of sp³-hybridized carbons (Fsp3) is 0.467. The Morgan fingerprint density at radius 1 is 1.37 bits per heavy atom. The van der Waals surface area contributed by atoms with Crippen LogP contribution in [-0.4, -0.2) is 41.1 Å². The molecule has 102 valence electrons. The van der Waals surface area contributed by atoms with Gasteiger partial charge in [-0.2, -0.15) is 0 Å². The summed E-state index contributed by atoms with van der Waals surface area (Å²) in [6.07, 6.45) is 2.48. The smallest absolute Gasteiger partial charge is 0.0786 e. The highest BCUT2D eigenvalue weighted by Crippen LogP contribution is 2.32. The van der Waals surface area contributed by atoms with Crippen LogP contribution < -0.4 is 0 Å². The van der Waals surface area contributed by atoms with Gasteiger partial charge in [0.05, 0.1) is 18.2 Å². The van der Waals surface area contributed by atoms with Gasteiger partial charge in [-0.15, -0.1) is 10.9 Å². The van der Waals surface area contributed by atoms with E-state index in [1.165, 1.54) is 29.0 Å². The van der Waals surface area contributed by atoms with Crippen LogP contribution in [0, 0.1) is 6.92 Å². The summed E-state index contributed by atoms with van der Waals surface area (Å²) < 4.78 is 6.81. The van der Waals surface area contributed by atoms with Crippen LogP contribution in [-0.2, 0) is 4.74 Å². The van der Waals surface area contributed by atoms with Crippen LogP contribution in [0.15, 0.2) is 22.7 Å². The SMILES string of the molecule is C=S=C(c1ccc(Br)cc1C)N1C2CCC1COC2. The molecule has 0 aliphatic carbocycles. The van der Waals surface area contributed by atoms with Gasteiger partial charge in [0, 0.05) is 22.1 Å². The molecule has 1 aromatic carbocycles. The van der Waals surface area contributed by atoms with Gasteiger partial charge in [-0.25, -0.2) is 0 Å². The minimum Gasteiger partial charge on any atom is -0.378 e.